The van der Waals surface area contributed by atoms with Gasteiger partial charge in [0.15, 0.2) is 0 Å². The van der Waals surface area contributed by atoms with Crippen molar-refractivity contribution in [2.75, 3.05) is 13.1 Å². The van der Waals surface area contributed by atoms with Crippen molar-refractivity contribution in [2.45, 2.75) is 26.4 Å². The Morgan fingerprint density at radius 1 is 1.48 bits per heavy atom. The van der Waals surface area contributed by atoms with Gasteiger partial charge in [-0.3, -0.25) is 14.5 Å². The van der Waals surface area contributed by atoms with Crippen LogP contribution >= 0.6 is 11.6 Å². The van der Waals surface area contributed by atoms with E-state index in [1.807, 2.05) is 0 Å². The lowest BCUT2D eigenvalue weighted by atomic mass is 10.1. The Bertz CT molecular complexity index is 525. The van der Waals surface area contributed by atoms with Gasteiger partial charge in [-0.2, -0.15) is 0 Å². The summed E-state index contributed by atoms with van der Waals surface area (Å²) in [5.74, 6) is -1.69. The molecule has 1 atom stereocenters. The van der Waals surface area contributed by atoms with E-state index >= 15 is 0 Å². The summed E-state index contributed by atoms with van der Waals surface area (Å²) in [6.07, 6.45) is 0. The number of carboxylic acids is 1. The number of hydrogen-bond donors (Lipinski definition) is 2. The molecule has 1 aromatic carbocycles. The number of benzene rings is 1. The molecule has 1 unspecified atom stereocenters. The first-order valence-electron chi connectivity index (χ1n) is 6.46. The monoisotopic (exact) mass is 316 g/mol. The summed E-state index contributed by atoms with van der Waals surface area (Å²) in [5, 5.41) is 12.0. The van der Waals surface area contributed by atoms with Gasteiger partial charge in [0.25, 0.3) is 0 Å². The first-order chi connectivity index (χ1) is 9.81. The smallest absolute Gasteiger partial charge is 0.320 e. The molecule has 0 fully saturated rings. The van der Waals surface area contributed by atoms with Crippen LogP contribution in [0, 0.1) is 5.82 Å². The van der Waals surface area contributed by atoms with Crippen molar-refractivity contribution in [3.05, 3.63) is 34.6 Å². The fourth-order valence-corrected chi connectivity index (χ4v) is 1.97. The topological polar surface area (TPSA) is 69.6 Å². The quantitative estimate of drug-likeness (QED) is 0.806. The molecule has 0 aliphatic heterocycles. The van der Waals surface area contributed by atoms with Crippen LogP contribution in [0.4, 0.5) is 4.39 Å². The zero-order valence-electron chi connectivity index (χ0n) is 11.9. The third kappa shape index (κ3) is 5.69. The molecule has 0 bridgehead atoms. The minimum Gasteiger partial charge on any atom is -0.480 e. The van der Waals surface area contributed by atoms with Crippen molar-refractivity contribution in [3.8, 4) is 0 Å². The van der Waals surface area contributed by atoms with Crippen molar-refractivity contribution in [3.63, 3.8) is 0 Å². The predicted octanol–water partition coefficient (Wildman–Crippen LogP) is 1.89. The molecular weight excluding hydrogens is 299 g/mol. The van der Waals surface area contributed by atoms with E-state index in [2.05, 4.69) is 5.32 Å². The fraction of sp³-hybridized carbons (Fsp3) is 0.429. The first kappa shape index (κ1) is 17.4. The summed E-state index contributed by atoms with van der Waals surface area (Å²) in [5.41, 5.74) is 0.357. The van der Waals surface area contributed by atoms with Gasteiger partial charge < -0.3 is 10.4 Å². The maximum absolute atomic E-state index is 13.8. The number of rotatable bonds is 7. The van der Waals surface area contributed by atoms with Gasteiger partial charge in [-0.15, -0.1) is 0 Å². The average molecular weight is 317 g/mol. The van der Waals surface area contributed by atoms with Gasteiger partial charge in [0.05, 0.1) is 0 Å². The Morgan fingerprint density at radius 3 is 2.67 bits per heavy atom. The number of amides is 1. The molecule has 0 saturated heterocycles. The number of carboxylic acid groups (broad SMARTS) is 1. The third-order valence-corrected chi connectivity index (χ3v) is 3.30. The molecule has 0 aliphatic rings. The number of carbonyl (C=O) groups excluding carboxylic acids is 1. The van der Waals surface area contributed by atoms with E-state index in [4.69, 9.17) is 16.7 Å². The molecule has 0 spiro atoms. The minimum atomic E-state index is -1.01. The minimum absolute atomic E-state index is 0.121. The van der Waals surface area contributed by atoms with E-state index in [-0.39, 0.29) is 17.5 Å². The van der Waals surface area contributed by atoms with Crippen molar-refractivity contribution < 1.29 is 19.1 Å². The molecule has 2 N–H and O–H groups in total. The summed E-state index contributed by atoms with van der Waals surface area (Å²) >= 11 is 5.69. The van der Waals surface area contributed by atoms with E-state index in [1.54, 1.807) is 11.0 Å². The summed E-state index contributed by atoms with van der Waals surface area (Å²) in [6.45, 7) is 3.61. The Hall–Kier alpha value is -1.66. The van der Waals surface area contributed by atoms with Gasteiger partial charge in [0.2, 0.25) is 5.91 Å². The maximum Gasteiger partial charge on any atom is 0.320 e. The highest BCUT2D eigenvalue weighted by molar-refractivity contribution is 6.30. The maximum atomic E-state index is 13.8. The highest BCUT2D eigenvalue weighted by atomic mass is 35.5. The lowest BCUT2D eigenvalue weighted by Gasteiger charge is -2.26. The van der Waals surface area contributed by atoms with Crippen LogP contribution in [0.2, 0.25) is 5.02 Å². The standard InChI is InChI=1S/C14H18ClFN2O3/c1-9(14(20)21)18(6-5-17-10(2)19)8-11-3-4-12(15)7-13(11)16/h3-4,7,9H,5-6,8H2,1-2H3,(H,17,19)(H,20,21). The van der Waals surface area contributed by atoms with Crippen LogP contribution in [0.5, 0.6) is 0 Å². The van der Waals surface area contributed by atoms with Crippen LogP contribution in [0.15, 0.2) is 18.2 Å². The molecule has 1 rings (SSSR count). The van der Waals surface area contributed by atoms with Gasteiger partial charge in [-0.25, -0.2) is 4.39 Å². The molecular formula is C14H18ClFN2O3. The van der Waals surface area contributed by atoms with Crippen LogP contribution in [-0.2, 0) is 16.1 Å². The number of nitrogens with one attached hydrogen (secondary N) is 1. The van der Waals surface area contributed by atoms with E-state index in [9.17, 15) is 14.0 Å². The highest BCUT2D eigenvalue weighted by Crippen LogP contribution is 2.17. The molecule has 7 heteroatoms. The summed E-state index contributed by atoms with van der Waals surface area (Å²) in [6, 6.07) is 3.47. The summed E-state index contributed by atoms with van der Waals surface area (Å²) < 4.78 is 13.8. The predicted molar refractivity (Wildman–Crippen MR) is 77.6 cm³/mol. The third-order valence-electron chi connectivity index (χ3n) is 3.07. The van der Waals surface area contributed by atoms with Gasteiger partial charge in [-0.05, 0) is 19.1 Å². The second kappa shape index (κ2) is 7.95. The molecule has 116 valence electrons. The SMILES string of the molecule is CC(=O)NCCN(Cc1ccc(Cl)cc1F)C(C)C(=O)O. The molecule has 5 nitrogen and oxygen atoms in total. The fourth-order valence-electron chi connectivity index (χ4n) is 1.81. The molecule has 0 saturated carbocycles. The van der Waals surface area contributed by atoms with Gasteiger partial charge >= 0.3 is 5.97 Å². The Morgan fingerprint density at radius 2 is 2.14 bits per heavy atom. The number of nitrogens with zero attached hydrogens (tertiary/aromatic N) is 1. The molecule has 1 amide bonds. The Balaban J connectivity index is 2.80. The molecule has 0 radical (unpaired) electrons. The second-order valence-electron chi connectivity index (χ2n) is 4.70. The summed E-state index contributed by atoms with van der Waals surface area (Å²) in [7, 11) is 0. The van der Waals surface area contributed by atoms with E-state index in [1.165, 1.54) is 26.0 Å². The van der Waals surface area contributed by atoms with Crippen LogP contribution in [0.3, 0.4) is 0 Å². The first-order valence-corrected chi connectivity index (χ1v) is 6.84. The highest BCUT2D eigenvalue weighted by Gasteiger charge is 2.21. The number of aliphatic carboxylic acids is 1. The van der Waals surface area contributed by atoms with Gasteiger partial charge in [0, 0.05) is 37.1 Å². The van der Waals surface area contributed by atoms with Crippen LogP contribution in [-0.4, -0.2) is 41.0 Å². The molecule has 0 aromatic heterocycles. The van der Waals surface area contributed by atoms with E-state index in [0.29, 0.717) is 18.7 Å². The van der Waals surface area contributed by atoms with Gasteiger partial charge in [0.1, 0.15) is 11.9 Å². The number of halogens is 2. The summed E-state index contributed by atoms with van der Waals surface area (Å²) in [4.78, 5) is 23.6. The number of hydrogen-bond acceptors (Lipinski definition) is 3. The Labute approximate surface area is 127 Å². The van der Waals surface area contributed by atoms with E-state index in [0.717, 1.165) is 0 Å². The normalized spacial score (nSPS) is 12.2. The van der Waals surface area contributed by atoms with Crippen molar-refractivity contribution >= 4 is 23.5 Å². The van der Waals surface area contributed by atoms with Crippen LogP contribution in [0.25, 0.3) is 0 Å². The lowest BCUT2D eigenvalue weighted by molar-refractivity contribution is -0.142. The van der Waals surface area contributed by atoms with E-state index < -0.39 is 17.8 Å². The van der Waals surface area contributed by atoms with Crippen molar-refractivity contribution in [1.29, 1.82) is 0 Å². The number of carbonyl (C=O) groups is 2. The van der Waals surface area contributed by atoms with Gasteiger partial charge in [-0.1, -0.05) is 17.7 Å². The van der Waals surface area contributed by atoms with Crippen molar-refractivity contribution in [2.24, 2.45) is 0 Å². The second-order valence-corrected chi connectivity index (χ2v) is 5.14. The van der Waals surface area contributed by atoms with Crippen molar-refractivity contribution in [1.82, 2.24) is 10.2 Å². The average Bonchev–Trinajstić information content (AvgIpc) is 2.38. The molecule has 0 heterocycles. The zero-order valence-corrected chi connectivity index (χ0v) is 12.7. The molecule has 21 heavy (non-hydrogen) atoms. The van der Waals surface area contributed by atoms with Crippen LogP contribution in [0.1, 0.15) is 19.4 Å². The lowest BCUT2D eigenvalue weighted by Crippen LogP contribution is -2.42. The zero-order chi connectivity index (χ0) is 16.0. The largest absolute Gasteiger partial charge is 0.480 e. The molecule has 1 aromatic rings. The molecule has 0 aliphatic carbocycles. The Kier molecular flexibility index (Phi) is 6.58. The van der Waals surface area contributed by atoms with Crippen LogP contribution < -0.4 is 5.32 Å².